The lowest BCUT2D eigenvalue weighted by Gasteiger charge is -2.12. The fourth-order valence-electron chi connectivity index (χ4n) is 2.24. The van der Waals surface area contributed by atoms with Crippen molar-refractivity contribution >= 4 is 11.8 Å². The van der Waals surface area contributed by atoms with Gasteiger partial charge < -0.3 is 19.3 Å². The predicted octanol–water partition coefficient (Wildman–Crippen LogP) is 2.21. The van der Waals surface area contributed by atoms with E-state index < -0.39 is 6.10 Å². The number of rotatable bonds is 9. The smallest absolute Gasteiger partial charge is 0.214 e. The number of hydrogen-bond donors (Lipinski definition) is 1. The number of nitrogens with zero attached hydrogens (tertiary/aromatic N) is 4. The van der Waals surface area contributed by atoms with Crippen molar-refractivity contribution in [3.8, 4) is 22.9 Å². The highest BCUT2D eigenvalue weighted by atomic mass is 32.2. The van der Waals surface area contributed by atoms with E-state index >= 15 is 0 Å². The minimum atomic E-state index is -0.668. The lowest BCUT2D eigenvalue weighted by molar-refractivity contribution is 0.126. The summed E-state index contributed by atoms with van der Waals surface area (Å²) in [5.41, 5.74) is 0.812. The van der Waals surface area contributed by atoms with Gasteiger partial charge in [0, 0.05) is 5.75 Å². The summed E-state index contributed by atoms with van der Waals surface area (Å²) in [4.78, 5) is 0. The zero-order chi connectivity index (χ0) is 19.1. The van der Waals surface area contributed by atoms with Crippen LogP contribution in [0.25, 0.3) is 5.69 Å². The predicted molar refractivity (Wildman–Crippen MR) is 101 cm³/mol. The van der Waals surface area contributed by atoms with Crippen molar-refractivity contribution in [2.45, 2.75) is 11.3 Å². The first-order valence-corrected chi connectivity index (χ1v) is 9.18. The third kappa shape index (κ3) is 5.11. The number of aromatic nitrogens is 4. The van der Waals surface area contributed by atoms with Gasteiger partial charge >= 0.3 is 0 Å². The van der Waals surface area contributed by atoms with Crippen LogP contribution in [0.1, 0.15) is 0 Å². The van der Waals surface area contributed by atoms with Gasteiger partial charge in [0.15, 0.2) is 0 Å². The largest absolute Gasteiger partial charge is 0.497 e. The molecular weight excluding hydrogens is 368 g/mol. The van der Waals surface area contributed by atoms with Crippen LogP contribution in [0, 0.1) is 0 Å². The molecule has 1 unspecified atom stereocenters. The molecule has 1 N–H and O–H groups in total. The number of aliphatic hydroxyl groups is 1. The number of thioether (sulfide) groups is 1. The Labute approximate surface area is 161 Å². The molecule has 0 spiro atoms. The molecule has 1 atom stereocenters. The summed E-state index contributed by atoms with van der Waals surface area (Å²) in [5.74, 6) is 2.58. The highest BCUT2D eigenvalue weighted by Crippen LogP contribution is 2.21. The number of ether oxygens (including phenoxy) is 3. The first kappa shape index (κ1) is 19.0. The van der Waals surface area contributed by atoms with E-state index in [9.17, 15) is 5.11 Å². The van der Waals surface area contributed by atoms with Crippen LogP contribution in [0.5, 0.6) is 17.2 Å². The van der Waals surface area contributed by atoms with Gasteiger partial charge in [0.25, 0.3) is 0 Å². The minimum absolute atomic E-state index is 0.170. The molecule has 0 aliphatic carbocycles. The van der Waals surface area contributed by atoms with Crippen molar-refractivity contribution < 1.29 is 19.3 Å². The minimum Gasteiger partial charge on any atom is -0.497 e. The van der Waals surface area contributed by atoms with E-state index in [4.69, 9.17) is 14.2 Å². The molecular formula is C18H20N4O4S. The lowest BCUT2D eigenvalue weighted by atomic mass is 10.3. The summed E-state index contributed by atoms with van der Waals surface area (Å²) in [6.07, 6.45) is -0.668. The van der Waals surface area contributed by atoms with E-state index in [-0.39, 0.29) is 6.61 Å². The highest BCUT2D eigenvalue weighted by Gasteiger charge is 2.13. The van der Waals surface area contributed by atoms with E-state index in [1.165, 1.54) is 11.8 Å². The number of aliphatic hydroxyl groups excluding tert-OH is 1. The maximum absolute atomic E-state index is 10.2. The molecule has 2 aromatic carbocycles. The molecule has 0 bridgehead atoms. The molecule has 0 amide bonds. The summed E-state index contributed by atoms with van der Waals surface area (Å²) in [7, 11) is 3.22. The van der Waals surface area contributed by atoms with Crippen LogP contribution in [0.15, 0.2) is 53.7 Å². The fourth-order valence-corrected chi connectivity index (χ4v) is 3.03. The third-order valence-electron chi connectivity index (χ3n) is 3.66. The Kier molecular flexibility index (Phi) is 6.50. The summed E-state index contributed by atoms with van der Waals surface area (Å²) in [5, 5.41) is 22.5. The van der Waals surface area contributed by atoms with Gasteiger partial charge in [-0.3, -0.25) is 0 Å². The summed E-state index contributed by atoms with van der Waals surface area (Å²) >= 11 is 1.35. The van der Waals surface area contributed by atoms with Crippen LogP contribution in [0.3, 0.4) is 0 Å². The zero-order valence-corrected chi connectivity index (χ0v) is 15.8. The molecule has 8 nitrogen and oxygen atoms in total. The molecule has 142 valence electrons. The second-order valence-electron chi connectivity index (χ2n) is 5.52. The Morgan fingerprint density at radius 3 is 2.19 bits per heavy atom. The normalized spacial score (nSPS) is 11.8. The molecule has 1 heterocycles. The number of tetrazole rings is 1. The Balaban J connectivity index is 1.52. The zero-order valence-electron chi connectivity index (χ0n) is 15.0. The van der Waals surface area contributed by atoms with Crippen molar-refractivity contribution in [3.05, 3.63) is 48.5 Å². The van der Waals surface area contributed by atoms with E-state index in [2.05, 4.69) is 15.5 Å². The number of hydrogen-bond acceptors (Lipinski definition) is 8. The van der Waals surface area contributed by atoms with E-state index in [1.807, 2.05) is 24.3 Å². The first-order chi connectivity index (χ1) is 13.2. The topological polar surface area (TPSA) is 91.5 Å². The SMILES string of the molecule is COc1ccc(OCC(O)CSc2nnnn2-c2ccc(OC)cc2)cc1. The van der Waals surface area contributed by atoms with E-state index in [1.54, 1.807) is 43.2 Å². The maximum atomic E-state index is 10.2. The molecule has 0 radical (unpaired) electrons. The lowest BCUT2D eigenvalue weighted by Crippen LogP contribution is -2.20. The van der Waals surface area contributed by atoms with Gasteiger partial charge in [0.2, 0.25) is 5.16 Å². The van der Waals surface area contributed by atoms with Gasteiger partial charge in [-0.1, -0.05) is 11.8 Å². The van der Waals surface area contributed by atoms with Crippen LogP contribution in [-0.2, 0) is 0 Å². The standard InChI is InChI=1S/C18H20N4O4S/c1-24-15-5-3-13(4-6-15)22-18(19-20-21-22)27-12-14(23)11-26-17-9-7-16(25-2)8-10-17/h3-10,14,23H,11-12H2,1-2H3. The average molecular weight is 388 g/mol. The molecule has 0 aliphatic heterocycles. The van der Waals surface area contributed by atoms with Gasteiger partial charge in [-0.25, -0.2) is 0 Å². The van der Waals surface area contributed by atoms with Gasteiger partial charge in [-0.15, -0.1) is 5.10 Å². The van der Waals surface area contributed by atoms with Gasteiger partial charge in [0.05, 0.1) is 26.0 Å². The summed E-state index contributed by atoms with van der Waals surface area (Å²) in [6.45, 7) is 0.170. The fraction of sp³-hybridized carbons (Fsp3) is 0.278. The number of benzene rings is 2. The van der Waals surface area contributed by atoms with E-state index in [0.717, 1.165) is 17.2 Å². The van der Waals surface area contributed by atoms with Gasteiger partial charge in [-0.2, -0.15) is 4.68 Å². The molecule has 0 fully saturated rings. The monoisotopic (exact) mass is 388 g/mol. The second kappa shape index (κ2) is 9.24. The van der Waals surface area contributed by atoms with Crippen LogP contribution in [-0.4, -0.2) is 58.0 Å². The molecule has 3 aromatic rings. The van der Waals surface area contributed by atoms with E-state index in [0.29, 0.717) is 16.7 Å². The molecule has 0 aliphatic rings. The number of methoxy groups -OCH3 is 2. The van der Waals surface area contributed by atoms with Crippen molar-refractivity contribution in [3.63, 3.8) is 0 Å². The Morgan fingerprint density at radius 1 is 0.963 bits per heavy atom. The Hall–Kier alpha value is -2.78. The Morgan fingerprint density at radius 2 is 1.56 bits per heavy atom. The molecule has 0 saturated carbocycles. The first-order valence-electron chi connectivity index (χ1n) is 8.20. The highest BCUT2D eigenvalue weighted by molar-refractivity contribution is 7.99. The van der Waals surface area contributed by atoms with Crippen LogP contribution in [0.2, 0.25) is 0 Å². The molecule has 3 rings (SSSR count). The molecule has 1 aromatic heterocycles. The van der Waals surface area contributed by atoms with Crippen LogP contribution >= 0.6 is 11.8 Å². The van der Waals surface area contributed by atoms with Crippen molar-refractivity contribution in [2.75, 3.05) is 26.6 Å². The average Bonchev–Trinajstić information content (AvgIpc) is 3.19. The van der Waals surface area contributed by atoms with Crippen LogP contribution < -0.4 is 14.2 Å². The van der Waals surface area contributed by atoms with Gasteiger partial charge in [-0.05, 0) is 59.0 Å². The summed E-state index contributed by atoms with van der Waals surface area (Å²) in [6, 6.07) is 14.6. The quantitative estimate of drug-likeness (QED) is 0.558. The van der Waals surface area contributed by atoms with Crippen LogP contribution in [0.4, 0.5) is 0 Å². The second-order valence-corrected chi connectivity index (χ2v) is 6.51. The molecule has 9 heteroatoms. The van der Waals surface area contributed by atoms with Gasteiger partial charge in [0.1, 0.15) is 23.9 Å². The maximum Gasteiger partial charge on any atom is 0.214 e. The molecule has 0 saturated heterocycles. The van der Waals surface area contributed by atoms with Crippen molar-refractivity contribution in [1.29, 1.82) is 0 Å². The van der Waals surface area contributed by atoms with Crippen molar-refractivity contribution in [1.82, 2.24) is 20.2 Å². The summed E-state index contributed by atoms with van der Waals surface area (Å²) < 4.78 is 17.4. The third-order valence-corrected chi connectivity index (χ3v) is 4.73. The van der Waals surface area contributed by atoms with Crippen molar-refractivity contribution in [2.24, 2.45) is 0 Å². The molecule has 27 heavy (non-hydrogen) atoms. The Bertz CT molecular complexity index is 839.